The Labute approximate surface area is 151 Å². The zero-order chi connectivity index (χ0) is 19.1. The van der Waals surface area contributed by atoms with Crippen molar-refractivity contribution in [2.45, 2.75) is 64.9 Å². The molecule has 1 aliphatic carbocycles. The number of hydrogen-bond acceptors (Lipinski definition) is 4. The number of aldehydes is 1. The fourth-order valence-corrected chi connectivity index (χ4v) is 3.63. The highest BCUT2D eigenvalue weighted by molar-refractivity contribution is 5.82. The number of carbonyl (C=O) groups is 2. The van der Waals surface area contributed by atoms with Gasteiger partial charge in [0.2, 0.25) is 0 Å². The number of methoxy groups -OCH3 is 1. The second-order valence-electron chi connectivity index (χ2n) is 7.71. The number of rotatable bonds is 9. The third kappa shape index (κ3) is 6.28. The van der Waals surface area contributed by atoms with Gasteiger partial charge in [-0.15, -0.1) is 5.60 Å². The van der Waals surface area contributed by atoms with E-state index in [9.17, 15) is 14.7 Å². The van der Waals surface area contributed by atoms with Crippen LogP contribution in [0.15, 0.2) is 36.0 Å². The average molecular weight is 347 g/mol. The normalized spacial score (nSPS) is 25.5. The van der Waals surface area contributed by atoms with Gasteiger partial charge in [0.05, 0.1) is 7.11 Å². The molecule has 0 N–H and O–H groups in total. The van der Waals surface area contributed by atoms with Crippen molar-refractivity contribution in [1.29, 1.82) is 0 Å². The van der Waals surface area contributed by atoms with Gasteiger partial charge in [-0.05, 0) is 43.4 Å². The fourth-order valence-electron chi connectivity index (χ4n) is 3.63. The average Bonchev–Trinajstić information content (AvgIpc) is 2.88. The van der Waals surface area contributed by atoms with E-state index in [2.05, 4.69) is 18.2 Å². The molecule has 0 radical (unpaired) electrons. The summed E-state index contributed by atoms with van der Waals surface area (Å²) in [7, 11) is 1.34. The van der Waals surface area contributed by atoms with Crippen molar-refractivity contribution in [2.24, 2.45) is 11.3 Å². The number of allylic oxidation sites excluding steroid dienone is 3. The number of hydrogen-bond donors (Lipinski definition) is 0. The maximum absolute atomic E-state index is 12.6. The first-order valence-corrected chi connectivity index (χ1v) is 8.91. The first-order chi connectivity index (χ1) is 11.6. The second kappa shape index (κ2) is 9.14. The summed E-state index contributed by atoms with van der Waals surface area (Å²) in [6.45, 7) is 9.70. The Morgan fingerprint density at radius 3 is 2.68 bits per heavy atom. The van der Waals surface area contributed by atoms with Gasteiger partial charge in [-0.1, -0.05) is 50.6 Å². The Kier molecular flexibility index (Phi) is 7.81. The highest BCUT2D eigenvalue weighted by atomic mass is 16.5. The monoisotopic (exact) mass is 347 g/mol. The Hall–Kier alpha value is -1.68. The molecule has 0 unspecified atom stereocenters. The van der Waals surface area contributed by atoms with Crippen LogP contribution in [0, 0.1) is 11.3 Å². The van der Waals surface area contributed by atoms with Gasteiger partial charge in [-0.3, -0.25) is 0 Å². The molecule has 0 heterocycles. The van der Waals surface area contributed by atoms with Gasteiger partial charge in [-0.25, -0.2) is 4.79 Å². The minimum absolute atomic E-state index is 0.0527. The maximum atomic E-state index is 12.6. The van der Waals surface area contributed by atoms with E-state index >= 15 is 0 Å². The molecular weight excluding hydrogens is 316 g/mol. The van der Waals surface area contributed by atoms with Crippen LogP contribution in [0.25, 0.3) is 0 Å². The highest BCUT2D eigenvalue weighted by Crippen LogP contribution is 2.52. The predicted octanol–water partition coefficient (Wildman–Crippen LogP) is 3.51. The van der Waals surface area contributed by atoms with Crippen molar-refractivity contribution in [1.82, 2.24) is 0 Å². The fraction of sp³-hybridized carbons (Fsp3) is 0.619. The molecule has 0 bridgehead atoms. The molecule has 0 aromatic heterocycles. The summed E-state index contributed by atoms with van der Waals surface area (Å²) in [5.41, 5.74) is 1.03. The van der Waals surface area contributed by atoms with Crippen LogP contribution in [0.4, 0.5) is 0 Å². The molecule has 1 aliphatic rings. The zero-order valence-electron chi connectivity index (χ0n) is 16.0. The maximum Gasteiger partial charge on any atom is 0.330 e. The lowest BCUT2D eigenvalue weighted by atomic mass is 9.74. The third-order valence-corrected chi connectivity index (χ3v) is 5.25. The second-order valence-corrected chi connectivity index (χ2v) is 7.71. The quantitative estimate of drug-likeness (QED) is 0.277. The van der Waals surface area contributed by atoms with Gasteiger partial charge < -0.3 is 14.6 Å². The molecular formula is C21H31O4-. The summed E-state index contributed by atoms with van der Waals surface area (Å²) in [5.74, 6) is -0.459. The Morgan fingerprint density at radius 2 is 2.12 bits per heavy atom. The summed E-state index contributed by atoms with van der Waals surface area (Å²) < 4.78 is 4.62. The summed E-state index contributed by atoms with van der Waals surface area (Å²) in [5, 5.41) is 12.6. The van der Waals surface area contributed by atoms with Crippen molar-refractivity contribution in [3.63, 3.8) is 0 Å². The van der Waals surface area contributed by atoms with Gasteiger partial charge in [0, 0.05) is 12.5 Å². The van der Waals surface area contributed by atoms with Gasteiger partial charge in [0.25, 0.3) is 0 Å². The van der Waals surface area contributed by atoms with Gasteiger partial charge in [0.1, 0.15) is 6.29 Å². The molecule has 25 heavy (non-hydrogen) atoms. The lowest BCUT2D eigenvalue weighted by molar-refractivity contribution is -0.476. The van der Waals surface area contributed by atoms with Gasteiger partial charge in [-0.2, -0.15) is 0 Å². The number of ether oxygens (including phenoxy) is 1. The first-order valence-electron chi connectivity index (χ1n) is 8.91. The zero-order valence-corrected chi connectivity index (χ0v) is 16.0. The van der Waals surface area contributed by atoms with Crippen LogP contribution in [0.3, 0.4) is 0 Å². The molecule has 0 amide bonds. The van der Waals surface area contributed by atoms with Crippen LogP contribution in [0.5, 0.6) is 0 Å². The molecule has 0 aromatic rings. The molecule has 0 saturated heterocycles. The van der Waals surface area contributed by atoms with E-state index in [1.165, 1.54) is 13.2 Å². The summed E-state index contributed by atoms with van der Waals surface area (Å²) in [6.07, 6.45) is 10.7. The molecule has 1 fully saturated rings. The third-order valence-electron chi connectivity index (χ3n) is 5.25. The van der Waals surface area contributed by atoms with E-state index in [0.717, 1.165) is 49.5 Å². The molecule has 1 saturated carbocycles. The topological polar surface area (TPSA) is 66.4 Å². The van der Waals surface area contributed by atoms with Crippen LogP contribution >= 0.6 is 0 Å². The van der Waals surface area contributed by atoms with Gasteiger partial charge in [0.15, 0.2) is 0 Å². The van der Waals surface area contributed by atoms with Crippen LogP contribution < -0.4 is 5.11 Å². The van der Waals surface area contributed by atoms with E-state index in [1.807, 2.05) is 6.08 Å². The van der Waals surface area contributed by atoms with E-state index in [4.69, 9.17) is 0 Å². The minimum Gasteiger partial charge on any atom is -0.849 e. The molecule has 0 spiro atoms. The minimum atomic E-state index is -1.06. The molecule has 2 atom stereocenters. The first kappa shape index (κ1) is 21.4. The van der Waals surface area contributed by atoms with Crippen LogP contribution in [0.2, 0.25) is 0 Å². The van der Waals surface area contributed by atoms with E-state index in [1.54, 1.807) is 19.9 Å². The molecule has 4 nitrogen and oxygen atoms in total. The molecule has 140 valence electrons. The molecule has 4 heteroatoms. The molecule has 0 aromatic carbocycles. The van der Waals surface area contributed by atoms with E-state index in [-0.39, 0.29) is 11.3 Å². The summed E-state index contributed by atoms with van der Waals surface area (Å²) in [6, 6.07) is 0. The van der Waals surface area contributed by atoms with Crippen molar-refractivity contribution in [2.75, 3.05) is 7.11 Å². The summed E-state index contributed by atoms with van der Waals surface area (Å²) in [4.78, 5) is 21.8. The van der Waals surface area contributed by atoms with E-state index in [0.29, 0.717) is 6.42 Å². The molecule has 0 aliphatic heterocycles. The smallest absolute Gasteiger partial charge is 0.330 e. The Balaban J connectivity index is 2.96. The SMILES string of the molecule is C=C(CCC=O)CC[C@]1(C)CC[C@@H](C(C)(C)[O-])/C1=C\C=C\C(=O)OC. The number of carbonyl (C=O) groups excluding carboxylic acids is 2. The Morgan fingerprint density at radius 1 is 1.44 bits per heavy atom. The van der Waals surface area contributed by atoms with Crippen molar-refractivity contribution in [3.8, 4) is 0 Å². The van der Waals surface area contributed by atoms with Crippen molar-refractivity contribution >= 4 is 12.3 Å². The van der Waals surface area contributed by atoms with Crippen molar-refractivity contribution < 1.29 is 19.4 Å². The Bertz CT molecular complexity index is 551. The van der Waals surface area contributed by atoms with E-state index < -0.39 is 11.6 Å². The largest absolute Gasteiger partial charge is 0.849 e. The standard InChI is InChI=1S/C21H31O4/c1-16(8-7-15-22)11-13-21(4)14-12-17(20(2,3)24)18(21)9-6-10-19(23)25-5/h6,9-10,15,17H,1,7-8,11-14H2,2-5H3/q-1/b10-6+,18-9+/t17-,21-/m1/s1. The lowest BCUT2D eigenvalue weighted by Crippen LogP contribution is -2.44. The highest BCUT2D eigenvalue weighted by Gasteiger charge is 2.41. The van der Waals surface area contributed by atoms with Crippen molar-refractivity contribution in [3.05, 3.63) is 36.0 Å². The van der Waals surface area contributed by atoms with Crippen LogP contribution in [0.1, 0.15) is 59.3 Å². The van der Waals surface area contributed by atoms with Crippen LogP contribution in [-0.2, 0) is 14.3 Å². The van der Waals surface area contributed by atoms with Crippen LogP contribution in [-0.4, -0.2) is 25.0 Å². The molecule has 1 rings (SSSR count). The summed E-state index contributed by atoms with van der Waals surface area (Å²) >= 11 is 0. The van der Waals surface area contributed by atoms with Gasteiger partial charge >= 0.3 is 5.97 Å². The lowest BCUT2D eigenvalue weighted by Gasteiger charge is -2.41. The number of esters is 1. The predicted molar refractivity (Wildman–Crippen MR) is 97.8 cm³/mol.